The molecular formula is C17H20N6O. The van der Waals surface area contributed by atoms with Crippen molar-refractivity contribution >= 4 is 0 Å². The van der Waals surface area contributed by atoms with E-state index in [0.717, 1.165) is 35.5 Å². The van der Waals surface area contributed by atoms with Gasteiger partial charge in [-0.25, -0.2) is 9.97 Å². The lowest BCUT2D eigenvalue weighted by atomic mass is 10.2. The minimum absolute atomic E-state index is 0.272. The molecule has 3 aromatic heterocycles. The third kappa shape index (κ3) is 3.46. The maximum absolute atomic E-state index is 5.69. The second-order valence-corrected chi connectivity index (χ2v) is 5.68. The fourth-order valence-electron chi connectivity index (χ4n) is 2.55. The van der Waals surface area contributed by atoms with E-state index in [4.69, 9.17) is 10.3 Å². The van der Waals surface area contributed by atoms with Crippen LogP contribution in [0.5, 0.6) is 0 Å². The Labute approximate surface area is 140 Å². The highest BCUT2D eigenvalue weighted by atomic mass is 16.5. The standard InChI is InChI=1S/C17H20N6O/c1-4-5-13-8-14(21-15(9-18)20-13)17-22-16(23-24-17)12-6-10(2)19-11(3)7-12/h6-8H,4-5,9,18H2,1-3H3. The van der Waals surface area contributed by atoms with Crippen molar-refractivity contribution in [3.8, 4) is 23.0 Å². The highest BCUT2D eigenvalue weighted by molar-refractivity contribution is 5.58. The van der Waals surface area contributed by atoms with Gasteiger partial charge in [-0.2, -0.15) is 4.98 Å². The van der Waals surface area contributed by atoms with E-state index in [0.29, 0.717) is 23.2 Å². The molecule has 3 aromatic rings. The predicted molar refractivity (Wildman–Crippen MR) is 89.9 cm³/mol. The Hall–Kier alpha value is -2.67. The Bertz CT molecular complexity index is 838. The molecule has 0 amide bonds. The van der Waals surface area contributed by atoms with Crippen molar-refractivity contribution in [3.63, 3.8) is 0 Å². The van der Waals surface area contributed by atoms with Crippen molar-refractivity contribution in [2.45, 2.75) is 40.2 Å². The SMILES string of the molecule is CCCc1cc(-c2nc(-c3cc(C)nc(C)c3)no2)nc(CN)n1. The monoisotopic (exact) mass is 324 g/mol. The number of nitrogens with zero attached hydrogens (tertiary/aromatic N) is 5. The Kier molecular flexibility index (Phi) is 4.61. The quantitative estimate of drug-likeness (QED) is 0.769. The Morgan fingerprint density at radius 3 is 2.42 bits per heavy atom. The maximum Gasteiger partial charge on any atom is 0.276 e. The molecule has 0 saturated carbocycles. The summed E-state index contributed by atoms with van der Waals surface area (Å²) in [6, 6.07) is 5.73. The van der Waals surface area contributed by atoms with Crippen LogP contribution in [0.2, 0.25) is 0 Å². The summed E-state index contributed by atoms with van der Waals surface area (Å²) < 4.78 is 5.40. The fourth-order valence-corrected chi connectivity index (χ4v) is 2.55. The molecular weight excluding hydrogens is 304 g/mol. The zero-order valence-corrected chi connectivity index (χ0v) is 14.1. The number of aromatic nitrogens is 5. The van der Waals surface area contributed by atoms with Gasteiger partial charge in [-0.1, -0.05) is 18.5 Å². The number of rotatable bonds is 5. The number of aryl methyl sites for hydroxylation is 3. The van der Waals surface area contributed by atoms with Gasteiger partial charge in [-0.15, -0.1) is 0 Å². The summed E-state index contributed by atoms with van der Waals surface area (Å²) in [6.45, 7) is 6.25. The zero-order valence-electron chi connectivity index (χ0n) is 14.1. The molecule has 2 N–H and O–H groups in total. The molecule has 0 unspecified atom stereocenters. The van der Waals surface area contributed by atoms with Gasteiger partial charge in [0.15, 0.2) is 0 Å². The lowest BCUT2D eigenvalue weighted by Gasteiger charge is -2.03. The van der Waals surface area contributed by atoms with Crippen LogP contribution in [0, 0.1) is 13.8 Å². The number of pyridine rings is 1. The average Bonchev–Trinajstić information content (AvgIpc) is 3.04. The predicted octanol–water partition coefficient (Wildman–Crippen LogP) is 2.62. The molecule has 0 aliphatic heterocycles. The highest BCUT2D eigenvalue weighted by Crippen LogP contribution is 2.22. The summed E-state index contributed by atoms with van der Waals surface area (Å²) in [5.74, 6) is 1.46. The van der Waals surface area contributed by atoms with Crippen LogP contribution in [-0.2, 0) is 13.0 Å². The van der Waals surface area contributed by atoms with Crippen molar-refractivity contribution in [1.82, 2.24) is 25.1 Å². The fraction of sp³-hybridized carbons (Fsp3) is 0.353. The molecule has 7 heteroatoms. The molecule has 0 aromatic carbocycles. The molecule has 0 atom stereocenters. The van der Waals surface area contributed by atoms with Gasteiger partial charge in [0.2, 0.25) is 5.82 Å². The van der Waals surface area contributed by atoms with E-state index in [1.54, 1.807) is 0 Å². The molecule has 7 nitrogen and oxygen atoms in total. The van der Waals surface area contributed by atoms with Crippen LogP contribution in [-0.4, -0.2) is 25.1 Å². The van der Waals surface area contributed by atoms with E-state index in [-0.39, 0.29) is 6.54 Å². The zero-order chi connectivity index (χ0) is 17.1. The average molecular weight is 324 g/mol. The molecule has 0 fully saturated rings. The second kappa shape index (κ2) is 6.84. The van der Waals surface area contributed by atoms with Crippen LogP contribution in [0.25, 0.3) is 23.0 Å². The maximum atomic E-state index is 5.69. The van der Waals surface area contributed by atoms with Crippen molar-refractivity contribution in [3.05, 3.63) is 41.1 Å². The Morgan fingerprint density at radius 2 is 1.75 bits per heavy atom. The molecule has 0 spiro atoms. The molecule has 0 aliphatic rings. The first-order valence-corrected chi connectivity index (χ1v) is 7.95. The van der Waals surface area contributed by atoms with Gasteiger partial charge in [0.1, 0.15) is 11.5 Å². The number of hydrogen-bond acceptors (Lipinski definition) is 7. The molecule has 0 bridgehead atoms. The number of nitrogens with two attached hydrogens (primary N) is 1. The van der Waals surface area contributed by atoms with Gasteiger partial charge >= 0.3 is 0 Å². The summed E-state index contributed by atoms with van der Waals surface area (Å²) in [5.41, 5.74) is 9.92. The molecule has 0 aliphatic carbocycles. The van der Waals surface area contributed by atoms with E-state index in [9.17, 15) is 0 Å². The topological polar surface area (TPSA) is 104 Å². The lowest BCUT2D eigenvalue weighted by molar-refractivity contribution is 0.430. The van der Waals surface area contributed by atoms with Gasteiger partial charge in [0, 0.05) is 22.6 Å². The third-order valence-electron chi connectivity index (χ3n) is 3.50. The summed E-state index contributed by atoms with van der Waals surface area (Å²) in [6.07, 6.45) is 1.84. The van der Waals surface area contributed by atoms with E-state index in [1.807, 2.05) is 32.0 Å². The van der Waals surface area contributed by atoms with Gasteiger partial charge in [0.25, 0.3) is 5.89 Å². The minimum atomic E-state index is 0.272. The van der Waals surface area contributed by atoms with Crippen LogP contribution >= 0.6 is 0 Å². The summed E-state index contributed by atoms with van der Waals surface area (Å²) in [7, 11) is 0. The molecule has 124 valence electrons. The molecule has 24 heavy (non-hydrogen) atoms. The van der Waals surface area contributed by atoms with E-state index in [1.165, 1.54) is 0 Å². The van der Waals surface area contributed by atoms with Crippen molar-refractivity contribution in [2.24, 2.45) is 5.73 Å². The van der Waals surface area contributed by atoms with Gasteiger partial charge in [-0.05, 0) is 38.5 Å². The summed E-state index contributed by atoms with van der Waals surface area (Å²) in [5, 5.41) is 4.07. The van der Waals surface area contributed by atoms with Gasteiger partial charge in [-0.3, -0.25) is 4.98 Å². The van der Waals surface area contributed by atoms with Crippen molar-refractivity contribution in [2.75, 3.05) is 0 Å². The summed E-state index contributed by atoms with van der Waals surface area (Å²) in [4.78, 5) is 17.7. The van der Waals surface area contributed by atoms with Gasteiger partial charge in [0.05, 0.1) is 6.54 Å². The Morgan fingerprint density at radius 1 is 1.00 bits per heavy atom. The van der Waals surface area contributed by atoms with Crippen molar-refractivity contribution in [1.29, 1.82) is 0 Å². The first-order valence-electron chi connectivity index (χ1n) is 7.95. The third-order valence-corrected chi connectivity index (χ3v) is 3.50. The van der Waals surface area contributed by atoms with Crippen LogP contribution < -0.4 is 5.73 Å². The Balaban J connectivity index is 1.99. The largest absolute Gasteiger partial charge is 0.332 e. The minimum Gasteiger partial charge on any atom is -0.332 e. The normalized spacial score (nSPS) is 11.0. The van der Waals surface area contributed by atoms with Crippen LogP contribution in [0.1, 0.15) is 36.3 Å². The van der Waals surface area contributed by atoms with Crippen molar-refractivity contribution < 1.29 is 4.52 Å². The molecule has 3 heterocycles. The van der Waals surface area contributed by atoms with Crippen LogP contribution in [0.3, 0.4) is 0 Å². The summed E-state index contributed by atoms with van der Waals surface area (Å²) >= 11 is 0. The van der Waals surface area contributed by atoms with Crippen LogP contribution in [0.4, 0.5) is 0 Å². The second-order valence-electron chi connectivity index (χ2n) is 5.68. The first-order chi connectivity index (χ1) is 11.6. The molecule has 0 saturated heterocycles. The lowest BCUT2D eigenvalue weighted by Crippen LogP contribution is -2.06. The van der Waals surface area contributed by atoms with E-state index >= 15 is 0 Å². The van der Waals surface area contributed by atoms with E-state index < -0.39 is 0 Å². The first kappa shape index (κ1) is 16.2. The smallest absolute Gasteiger partial charge is 0.276 e. The highest BCUT2D eigenvalue weighted by Gasteiger charge is 2.15. The number of hydrogen-bond donors (Lipinski definition) is 1. The van der Waals surface area contributed by atoms with Crippen LogP contribution in [0.15, 0.2) is 22.7 Å². The molecule has 3 rings (SSSR count). The van der Waals surface area contributed by atoms with Gasteiger partial charge < -0.3 is 10.3 Å². The molecule has 0 radical (unpaired) electrons. The van der Waals surface area contributed by atoms with E-state index in [2.05, 4.69) is 32.0 Å².